The van der Waals surface area contributed by atoms with Gasteiger partial charge >= 0.3 is 0 Å². The zero-order valence-electron chi connectivity index (χ0n) is 11.9. The van der Waals surface area contributed by atoms with Crippen LogP contribution >= 0.6 is 11.6 Å². The molecule has 0 bridgehead atoms. The molecule has 0 aliphatic heterocycles. The van der Waals surface area contributed by atoms with Crippen LogP contribution in [0.3, 0.4) is 0 Å². The number of hydrogen-bond acceptors (Lipinski definition) is 5. The van der Waals surface area contributed by atoms with Crippen molar-refractivity contribution in [1.29, 1.82) is 0 Å². The van der Waals surface area contributed by atoms with Crippen LogP contribution in [0.25, 0.3) is 0 Å². The first kappa shape index (κ1) is 14.9. The van der Waals surface area contributed by atoms with E-state index in [4.69, 9.17) is 17.4 Å². The molecule has 2 aromatic heterocycles. The van der Waals surface area contributed by atoms with Gasteiger partial charge in [-0.3, -0.25) is 10.5 Å². The second-order valence-electron chi connectivity index (χ2n) is 4.73. The second kappa shape index (κ2) is 6.30. The Labute approximate surface area is 123 Å². The molecule has 3 N–H and O–H groups in total. The smallest absolute Gasteiger partial charge is 0.0912 e. The van der Waals surface area contributed by atoms with E-state index in [9.17, 15) is 0 Å². The lowest BCUT2D eigenvalue weighted by Gasteiger charge is -2.20. The third-order valence-electron chi connectivity index (χ3n) is 3.16. The maximum Gasteiger partial charge on any atom is 0.0912 e. The lowest BCUT2D eigenvalue weighted by molar-refractivity contribution is 0.518. The summed E-state index contributed by atoms with van der Waals surface area (Å²) in [5.41, 5.74) is 6.28. The summed E-state index contributed by atoms with van der Waals surface area (Å²) in [5.74, 6) is 5.75. The van der Waals surface area contributed by atoms with E-state index >= 15 is 0 Å². The Morgan fingerprint density at radius 2 is 2.15 bits per heavy atom. The van der Waals surface area contributed by atoms with E-state index in [1.165, 1.54) is 0 Å². The van der Waals surface area contributed by atoms with Crippen molar-refractivity contribution < 1.29 is 0 Å². The molecule has 0 saturated carbocycles. The summed E-state index contributed by atoms with van der Waals surface area (Å²) in [6, 6.07) is 1.71. The molecule has 6 nitrogen and oxygen atoms in total. The SMILES string of the molecule is CCCn1ncc(Cl)c1C(NN)c1cc(C)nnc1C. The van der Waals surface area contributed by atoms with Crippen molar-refractivity contribution in [3.8, 4) is 0 Å². The van der Waals surface area contributed by atoms with E-state index < -0.39 is 0 Å². The number of aryl methyl sites for hydroxylation is 3. The molecule has 0 saturated heterocycles. The van der Waals surface area contributed by atoms with E-state index in [-0.39, 0.29) is 6.04 Å². The maximum absolute atomic E-state index is 6.28. The van der Waals surface area contributed by atoms with Gasteiger partial charge in [0.25, 0.3) is 0 Å². The third kappa shape index (κ3) is 2.82. The van der Waals surface area contributed by atoms with E-state index in [2.05, 4.69) is 27.6 Å². The predicted molar refractivity (Wildman–Crippen MR) is 78.2 cm³/mol. The van der Waals surface area contributed by atoms with Crippen molar-refractivity contribution in [2.24, 2.45) is 5.84 Å². The summed E-state index contributed by atoms with van der Waals surface area (Å²) >= 11 is 6.28. The molecule has 108 valence electrons. The Bertz CT molecular complexity index is 595. The molecule has 0 aliphatic carbocycles. The minimum absolute atomic E-state index is 0.259. The van der Waals surface area contributed by atoms with Gasteiger partial charge in [0.05, 0.1) is 34.3 Å². The number of halogens is 1. The number of aromatic nitrogens is 4. The zero-order chi connectivity index (χ0) is 14.7. The minimum Gasteiger partial charge on any atom is -0.271 e. The molecule has 1 atom stereocenters. The molecule has 0 aliphatic rings. The van der Waals surface area contributed by atoms with Crippen LogP contribution < -0.4 is 11.3 Å². The molecule has 0 radical (unpaired) electrons. The molecule has 2 heterocycles. The van der Waals surface area contributed by atoms with Crippen LogP contribution in [0.15, 0.2) is 12.3 Å². The predicted octanol–water partition coefficient (Wildman–Crippen LogP) is 1.91. The number of hydrogen-bond donors (Lipinski definition) is 2. The summed E-state index contributed by atoms with van der Waals surface area (Å²) in [6.07, 6.45) is 2.61. The summed E-state index contributed by atoms with van der Waals surface area (Å²) < 4.78 is 1.88. The Hall–Kier alpha value is -1.50. The Morgan fingerprint density at radius 1 is 1.40 bits per heavy atom. The number of nitrogens with one attached hydrogen (secondary N) is 1. The quantitative estimate of drug-likeness (QED) is 0.650. The fourth-order valence-electron chi connectivity index (χ4n) is 2.23. The van der Waals surface area contributed by atoms with Gasteiger partial charge in [-0.25, -0.2) is 5.43 Å². The van der Waals surface area contributed by atoms with Crippen molar-refractivity contribution in [1.82, 2.24) is 25.4 Å². The van der Waals surface area contributed by atoms with Crippen LogP contribution in [0.1, 0.15) is 42.0 Å². The van der Waals surface area contributed by atoms with Crippen LogP contribution in [0.2, 0.25) is 5.02 Å². The van der Waals surface area contributed by atoms with Gasteiger partial charge in [-0.05, 0) is 26.3 Å². The molecule has 0 spiro atoms. The lowest BCUT2D eigenvalue weighted by atomic mass is 10.0. The van der Waals surface area contributed by atoms with Gasteiger partial charge in [0, 0.05) is 12.1 Å². The molecule has 20 heavy (non-hydrogen) atoms. The molecule has 1 unspecified atom stereocenters. The Kier molecular flexibility index (Phi) is 4.69. The van der Waals surface area contributed by atoms with Crippen LogP contribution in [0.5, 0.6) is 0 Å². The standard InChI is InChI=1S/C13H19ClN6/c1-4-5-20-13(11(14)7-16-20)12(17-15)10-6-8(2)18-19-9(10)3/h6-7,12,17H,4-5,15H2,1-3H3. The Morgan fingerprint density at radius 3 is 2.80 bits per heavy atom. The van der Waals surface area contributed by atoms with Crippen molar-refractivity contribution >= 4 is 11.6 Å². The third-order valence-corrected chi connectivity index (χ3v) is 3.45. The molecule has 2 rings (SSSR count). The van der Waals surface area contributed by atoms with Gasteiger partial charge in [-0.1, -0.05) is 18.5 Å². The van der Waals surface area contributed by atoms with Crippen molar-refractivity contribution in [3.63, 3.8) is 0 Å². The van der Waals surface area contributed by atoms with Gasteiger partial charge in [-0.2, -0.15) is 15.3 Å². The largest absolute Gasteiger partial charge is 0.271 e. The fourth-order valence-corrected chi connectivity index (χ4v) is 2.48. The van der Waals surface area contributed by atoms with E-state index in [0.29, 0.717) is 5.02 Å². The zero-order valence-corrected chi connectivity index (χ0v) is 12.6. The van der Waals surface area contributed by atoms with E-state index in [0.717, 1.165) is 35.6 Å². The molecule has 7 heteroatoms. The first-order chi connectivity index (χ1) is 9.58. The van der Waals surface area contributed by atoms with Gasteiger partial charge in [0.15, 0.2) is 0 Å². The van der Waals surface area contributed by atoms with Gasteiger partial charge < -0.3 is 0 Å². The molecule has 0 fully saturated rings. The molecule has 0 aromatic carbocycles. The monoisotopic (exact) mass is 294 g/mol. The van der Waals surface area contributed by atoms with E-state index in [1.807, 2.05) is 24.6 Å². The van der Waals surface area contributed by atoms with Crippen LogP contribution in [-0.2, 0) is 6.54 Å². The highest BCUT2D eigenvalue weighted by Crippen LogP contribution is 2.29. The molecular formula is C13H19ClN6. The van der Waals surface area contributed by atoms with Crippen LogP contribution in [0, 0.1) is 13.8 Å². The fraction of sp³-hybridized carbons (Fsp3) is 0.462. The van der Waals surface area contributed by atoms with Gasteiger partial charge in [0.1, 0.15) is 0 Å². The van der Waals surface area contributed by atoms with E-state index in [1.54, 1.807) is 6.20 Å². The number of nitrogens with zero attached hydrogens (tertiary/aromatic N) is 4. The van der Waals surface area contributed by atoms with Crippen molar-refractivity contribution in [2.45, 2.75) is 39.8 Å². The highest BCUT2D eigenvalue weighted by atomic mass is 35.5. The topological polar surface area (TPSA) is 81.7 Å². The van der Waals surface area contributed by atoms with Gasteiger partial charge in [0.2, 0.25) is 0 Å². The van der Waals surface area contributed by atoms with Crippen LogP contribution in [0.4, 0.5) is 0 Å². The second-order valence-corrected chi connectivity index (χ2v) is 5.13. The summed E-state index contributed by atoms with van der Waals surface area (Å²) in [6.45, 7) is 6.68. The van der Waals surface area contributed by atoms with Crippen LogP contribution in [-0.4, -0.2) is 20.0 Å². The lowest BCUT2D eigenvalue weighted by Crippen LogP contribution is -2.32. The first-order valence-corrected chi connectivity index (χ1v) is 6.94. The average Bonchev–Trinajstić information content (AvgIpc) is 2.77. The average molecular weight is 295 g/mol. The van der Waals surface area contributed by atoms with Crippen molar-refractivity contribution in [2.75, 3.05) is 0 Å². The molecular weight excluding hydrogens is 276 g/mol. The summed E-state index contributed by atoms with van der Waals surface area (Å²) in [4.78, 5) is 0. The Balaban J connectivity index is 2.52. The number of nitrogens with two attached hydrogens (primary N) is 1. The minimum atomic E-state index is -0.259. The normalized spacial score (nSPS) is 12.7. The van der Waals surface area contributed by atoms with Gasteiger partial charge in [-0.15, -0.1) is 0 Å². The number of rotatable bonds is 5. The van der Waals surface area contributed by atoms with Crippen molar-refractivity contribution in [3.05, 3.63) is 39.9 Å². The molecule has 0 amide bonds. The maximum atomic E-state index is 6.28. The first-order valence-electron chi connectivity index (χ1n) is 6.56. The highest BCUT2D eigenvalue weighted by molar-refractivity contribution is 6.31. The highest BCUT2D eigenvalue weighted by Gasteiger charge is 2.23. The molecule has 2 aromatic rings. The number of hydrazine groups is 1. The summed E-state index contributed by atoms with van der Waals surface area (Å²) in [5, 5.41) is 13.1. The summed E-state index contributed by atoms with van der Waals surface area (Å²) in [7, 11) is 0.